The minimum Gasteiger partial charge on any atom is -0.384 e. The Morgan fingerprint density at radius 1 is 1.21 bits per heavy atom. The number of fused-ring (bicyclic) bond motifs is 2. The number of rotatable bonds is 7. The van der Waals surface area contributed by atoms with Gasteiger partial charge in [0, 0.05) is 43.4 Å². The quantitative estimate of drug-likeness (QED) is 0.222. The van der Waals surface area contributed by atoms with Crippen LogP contribution in [0, 0.1) is 0 Å². The van der Waals surface area contributed by atoms with Crippen LogP contribution in [0.3, 0.4) is 0 Å². The van der Waals surface area contributed by atoms with E-state index in [4.69, 9.17) is 5.73 Å². The molecule has 4 heterocycles. The number of hydrazone groups is 1. The number of carbonyl (C=O) groups excluding carboxylic acids is 1. The molecule has 0 spiro atoms. The first-order chi connectivity index (χ1) is 16.5. The second-order valence-electron chi connectivity index (χ2n) is 8.23. The Balaban J connectivity index is 1.43. The lowest BCUT2D eigenvalue weighted by atomic mass is 10.1. The molecule has 0 saturated heterocycles. The second-order valence-corrected chi connectivity index (χ2v) is 8.23. The van der Waals surface area contributed by atoms with Crippen LogP contribution in [-0.2, 0) is 20.0 Å². The van der Waals surface area contributed by atoms with E-state index in [0.29, 0.717) is 30.0 Å². The number of hydrogen-bond donors (Lipinski definition) is 2. The summed E-state index contributed by atoms with van der Waals surface area (Å²) in [7, 11) is 3.75. The molecule has 5 aromatic rings. The zero-order valence-corrected chi connectivity index (χ0v) is 18.9. The molecule has 9 heteroatoms. The van der Waals surface area contributed by atoms with Crippen molar-refractivity contribution >= 4 is 40.3 Å². The van der Waals surface area contributed by atoms with E-state index >= 15 is 0 Å². The smallest absolute Gasteiger partial charge is 0.167 e. The van der Waals surface area contributed by atoms with Gasteiger partial charge in [-0.2, -0.15) is 10.2 Å². The van der Waals surface area contributed by atoms with Gasteiger partial charge in [0.15, 0.2) is 6.29 Å². The number of H-pyrrole nitrogens is 1. The van der Waals surface area contributed by atoms with Gasteiger partial charge in [-0.25, -0.2) is 4.98 Å². The number of hydrogen-bond acceptors (Lipinski definition) is 7. The first-order valence-electron chi connectivity index (χ1n) is 10.8. The number of aromatic nitrogens is 5. The fraction of sp³-hybridized carbons (Fsp3) is 0.160. The van der Waals surface area contributed by atoms with E-state index in [9.17, 15) is 4.79 Å². The summed E-state index contributed by atoms with van der Waals surface area (Å²) in [6.45, 7) is 0.597. The van der Waals surface area contributed by atoms with Crippen LogP contribution < -0.4 is 5.73 Å². The molecule has 0 aliphatic heterocycles. The zero-order valence-electron chi connectivity index (χ0n) is 18.9. The van der Waals surface area contributed by atoms with Gasteiger partial charge in [0.2, 0.25) is 0 Å². The Hall–Kier alpha value is -4.53. The van der Waals surface area contributed by atoms with Crippen LogP contribution in [0.2, 0.25) is 0 Å². The third-order valence-corrected chi connectivity index (χ3v) is 5.86. The van der Waals surface area contributed by atoms with Crippen molar-refractivity contribution in [2.24, 2.45) is 12.1 Å². The van der Waals surface area contributed by atoms with E-state index in [1.165, 1.54) is 0 Å². The minimum absolute atomic E-state index is 0.486. The summed E-state index contributed by atoms with van der Waals surface area (Å²) in [6, 6.07) is 13.6. The maximum atomic E-state index is 11.9. The molecule has 34 heavy (non-hydrogen) atoms. The molecule has 0 bridgehead atoms. The standard InChI is InChI=1S/C25H24N8O/c1-32(14-17-5-3-7-21-19(17)12-28-31-21)29-13-20-23(15-34)33(2)22-10-16(11-27-25(20)22)9-18-6-4-8-24(26)30-18/h3-8,10-13,15H,9,14H2,1-2H3,(H2,26,30)(H,28,31)/b29-13-. The highest BCUT2D eigenvalue weighted by Crippen LogP contribution is 2.24. The fourth-order valence-electron chi connectivity index (χ4n) is 4.17. The largest absolute Gasteiger partial charge is 0.384 e. The van der Waals surface area contributed by atoms with Gasteiger partial charge in [-0.3, -0.25) is 19.9 Å². The Bertz CT molecular complexity index is 1530. The molecule has 0 unspecified atom stereocenters. The van der Waals surface area contributed by atoms with Crippen LogP contribution in [0.4, 0.5) is 5.82 Å². The van der Waals surface area contributed by atoms with Crippen molar-refractivity contribution in [1.82, 2.24) is 29.7 Å². The number of nitrogens with zero attached hydrogens (tertiary/aromatic N) is 6. The van der Waals surface area contributed by atoms with Gasteiger partial charge in [-0.15, -0.1) is 0 Å². The Kier molecular flexibility index (Phi) is 5.51. The van der Waals surface area contributed by atoms with E-state index in [-0.39, 0.29) is 0 Å². The first kappa shape index (κ1) is 21.3. The highest BCUT2D eigenvalue weighted by molar-refractivity contribution is 6.05. The van der Waals surface area contributed by atoms with Gasteiger partial charge in [-0.1, -0.05) is 18.2 Å². The van der Waals surface area contributed by atoms with Gasteiger partial charge in [0.05, 0.1) is 41.2 Å². The predicted molar refractivity (Wildman–Crippen MR) is 133 cm³/mol. The molecule has 0 fully saturated rings. The molecule has 0 radical (unpaired) electrons. The maximum absolute atomic E-state index is 11.9. The molecule has 3 N–H and O–H groups in total. The van der Waals surface area contributed by atoms with Crippen molar-refractivity contribution in [3.8, 4) is 0 Å². The van der Waals surface area contributed by atoms with E-state index in [1.807, 2.05) is 66.4 Å². The molecule has 0 saturated carbocycles. The van der Waals surface area contributed by atoms with Crippen LogP contribution in [0.1, 0.15) is 32.9 Å². The number of nitrogens with one attached hydrogen (secondary N) is 1. The molecular weight excluding hydrogens is 428 g/mol. The Labute approximate surface area is 195 Å². The van der Waals surface area contributed by atoms with Crippen LogP contribution in [0.25, 0.3) is 21.9 Å². The molecular formula is C25H24N8O. The highest BCUT2D eigenvalue weighted by Gasteiger charge is 2.16. The molecule has 0 aliphatic rings. The Morgan fingerprint density at radius 3 is 2.88 bits per heavy atom. The average Bonchev–Trinajstić information content (AvgIpc) is 3.41. The van der Waals surface area contributed by atoms with E-state index in [0.717, 1.165) is 45.0 Å². The van der Waals surface area contributed by atoms with Crippen LogP contribution in [0.5, 0.6) is 0 Å². The predicted octanol–water partition coefficient (Wildman–Crippen LogP) is 3.30. The number of pyridine rings is 2. The number of carbonyl (C=O) groups is 1. The average molecular weight is 453 g/mol. The summed E-state index contributed by atoms with van der Waals surface area (Å²) >= 11 is 0. The molecule has 1 aromatic carbocycles. The molecule has 4 aromatic heterocycles. The number of aldehydes is 1. The number of anilines is 1. The SMILES string of the molecule is CN(Cc1cccc2[nH]ncc12)/N=C\c1c(C=O)n(C)c2cc(Cc3cccc(N)n3)cnc12. The minimum atomic E-state index is 0.486. The monoisotopic (exact) mass is 452 g/mol. The molecule has 9 nitrogen and oxygen atoms in total. The van der Waals surface area contributed by atoms with Crippen molar-refractivity contribution < 1.29 is 4.79 Å². The van der Waals surface area contributed by atoms with Crippen molar-refractivity contribution in [2.45, 2.75) is 13.0 Å². The van der Waals surface area contributed by atoms with Crippen molar-refractivity contribution in [1.29, 1.82) is 0 Å². The fourth-order valence-corrected chi connectivity index (χ4v) is 4.17. The van der Waals surface area contributed by atoms with E-state index < -0.39 is 0 Å². The van der Waals surface area contributed by atoms with Gasteiger partial charge < -0.3 is 10.3 Å². The molecule has 0 atom stereocenters. The summed E-state index contributed by atoms with van der Waals surface area (Å²) in [5, 5.41) is 14.6. The molecule has 0 aliphatic carbocycles. The lowest BCUT2D eigenvalue weighted by Gasteiger charge is -2.13. The summed E-state index contributed by atoms with van der Waals surface area (Å²) in [5.74, 6) is 0.486. The van der Waals surface area contributed by atoms with Crippen LogP contribution in [-0.4, -0.2) is 49.3 Å². The van der Waals surface area contributed by atoms with Gasteiger partial charge >= 0.3 is 0 Å². The zero-order chi connectivity index (χ0) is 23.7. The third kappa shape index (κ3) is 3.99. The number of aryl methyl sites for hydroxylation is 1. The van der Waals surface area contributed by atoms with Crippen molar-refractivity contribution in [3.05, 3.63) is 82.9 Å². The van der Waals surface area contributed by atoms with Crippen LogP contribution in [0.15, 0.2) is 60.0 Å². The Morgan fingerprint density at radius 2 is 2.06 bits per heavy atom. The van der Waals surface area contributed by atoms with Crippen molar-refractivity contribution in [3.63, 3.8) is 0 Å². The lowest BCUT2D eigenvalue weighted by molar-refractivity contribution is 0.111. The van der Waals surface area contributed by atoms with Gasteiger partial charge in [0.25, 0.3) is 0 Å². The summed E-state index contributed by atoms with van der Waals surface area (Å²) in [6.07, 6.45) is 6.77. The van der Waals surface area contributed by atoms with Gasteiger partial charge in [0.1, 0.15) is 5.82 Å². The highest BCUT2D eigenvalue weighted by atomic mass is 16.1. The number of nitrogens with two attached hydrogens (primary N) is 1. The molecule has 170 valence electrons. The molecule has 5 rings (SSSR count). The number of nitrogen functional groups attached to an aromatic ring is 1. The molecule has 0 amide bonds. The number of benzene rings is 1. The first-order valence-corrected chi connectivity index (χ1v) is 10.8. The number of aromatic amines is 1. The summed E-state index contributed by atoms with van der Waals surface area (Å²) in [5.41, 5.74) is 12.5. The van der Waals surface area contributed by atoms with Crippen LogP contribution >= 0.6 is 0 Å². The third-order valence-electron chi connectivity index (χ3n) is 5.86. The second kappa shape index (κ2) is 8.78. The summed E-state index contributed by atoms with van der Waals surface area (Å²) in [4.78, 5) is 21.0. The maximum Gasteiger partial charge on any atom is 0.167 e. The van der Waals surface area contributed by atoms with E-state index in [1.54, 1.807) is 12.3 Å². The van der Waals surface area contributed by atoms with Crippen molar-refractivity contribution in [2.75, 3.05) is 12.8 Å². The van der Waals surface area contributed by atoms with E-state index in [2.05, 4.69) is 31.3 Å². The van der Waals surface area contributed by atoms with Gasteiger partial charge in [-0.05, 0) is 35.4 Å². The topological polar surface area (TPSA) is 118 Å². The normalized spacial score (nSPS) is 11.6. The summed E-state index contributed by atoms with van der Waals surface area (Å²) < 4.78 is 1.85. The lowest BCUT2D eigenvalue weighted by Crippen LogP contribution is -2.11.